The van der Waals surface area contributed by atoms with Gasteiger partial charge in [-0.1, -0.05) is 29.8 Å². The first kappa shape index (κ1) is 18.2. The van der Waals surface area contributed by atoms with Crippen molar-refractivity contribution in [3.05, 3.63) is 52.8 Å². The molecule has 1 atom stereocenters. The van der Waals surface area contributed by atoms with E-state index in [4.69, 9.17) is 0 Å². The number of nitrogens with zero attached hydrogens (tertiary/aromatic N) is 4. The van der Waals surface area contributed by atoms with Gasteiger partial charge < -0.3 is 4.90 Å². The topological polar surface area (TPSA) is 41.4 Å². The second kappa shape index (κ2) is 7.62. The smallest absolute Gasteiger partial charge is 0.244 e. The molecule has 0 aliphatic heterocycles. The summed E-state index contributed by atoms with van der Waals surface area (Å²) in [6.45, 7) is 7.42. The maximum atomic E-state index is 12.9. The van der Waals surface area contributed by atoms with Crippen molar-refractivity contribution in [3.8, 4) is 0 Å². The van der Waals surface area contributed by atoms with Crippen molar-refractivity contribution in [2.75, 3.05) is 27.7 Å². The molecular weight excluding hydrogens is 300 g/mol. The first-order valence-corrected chi connectivity index (χ1v) is 8.28. The van der Waals surface area contributed by atoms with E-state index in [9.17, 15) is 4.79 Å². The lowest BCUT2D eigenvalue weighted by molar-refractivity contribution is -0.135. The molecule has 5 heteroatoms. The van der Waals surface area contributed by atoms with Gasteiger partial charge >= 0.3 is 0 Å². The molecule has 5 nitrogen and oxygen atoms in total. The van der Waals surface area contributed by atoms with Crippen LogP contribution in [0.1, 0.15) is 28.6 Å². The Morgan fingerprint density at radius 3 is 2.25 bits per heavy atom. The van der Waals surface area contributed by atoms with Crippen molar-refractivity contribution in [2.24, 2.45) is 0 Å². The number of aromatic nitrogens is 2. The molecule has 1 unspecified atom stereocenters. The van der Waals surface area contributed by atoms with E-state index >= 15 is 0 Å². The van der Waals surface area contributed by atoms with E-state index in [1.807, 2.05) is 56.7 Å². The summed E-state index contributed by atoms with van der Waals surface area (Å²) in [6.07, 6.45) is 0. The van der Waals surface area contributed by atoms with Gasteiger partial charge in [-0.05, 0) is 46.5 Å². The fourth-order valence-corrected chi connectivity index (χ4v) is 2.88. The molecule has 1 aromatic carbocycles. The van der Waals surface area contributed by atoms with Crippen LogP contribution in [0, 0.1) is 20.8 Å². The highest BCUT2D eigenvalue weighted by Crippen LogP contribution is 2.21. The molecule has 0 aliphatic rings. The summed E-state index contributed by atoms with van der Waals surface area (Å²) in [6, 6.07) is 9.95. The molecule has 2 aromatic rings. The van der Waals surface area contributed by atoms with Crippen LogP contribution in [0.15, 0.2) is 30.3 Å². The lowest BCUT2D eigenvalue weighted by atomic mass is 10.0. The van der Waals surface area contributed by atoms with E-state index in [1.165, 1.54) is 5.56 Å². The molecule has 2 rings (SSSR count). The summed E-state index contributed by atoms with van der Waals surface area (Å²) in [4.78, 5) is 16.7. The predicted octanol–water partition coefficient (Wildman–Crippen LogP) is 2.57. The van der Waals surface area contributed by atoms with Crippen LogP contribution in [-0.2, 0) is 11.3 Å². The van der Waals surface area contributed by atoms with Crippen LogP contribution in [-0.4, -0.2) is 53.2 Å². The Balaban J connectivity index is 2.08. The summed E-state index contributed by atoms with van der Waals surface area (Å²) < 4.78 is 1.95. The predicted molar refractivity (Wildman–Crippen MR) is 96.9 cm³/mol. The van der Waals surface area contributed by atoms with Crippen LogP contribution in [0.2, 0.25) is 0 Å². The molecular formula is C19H28N4O. The SMILES string of the molecule is Cc1ccc(C(C(=O)N(C)CCn2nc(C)cc2C)N(C)C)cc1. The zero-order chi connectivity index (χ0) is 17.9. The second-order valence-electron chi connectivity index (χ2n) is 6.69. The van der Waals surface area contributed by atoms with Crippen molar-refractivity contribution >= 4 is 5.91 Å². The molecule has 0 radical (unpaired) electrons. The summed E-state index contributed by atoms with van der Waals surface area (Å²) >= 11 is 0. The molecule has 1 aromatic heterocycles. The summed E-state index contributed by atoms with van der Waals surface area (Å²) in [5, 5.41) is 4.46. The van der Waals surface area contributed by atoms with Gasteiger partial charge in [0.15, 0.2) is 0 Å². The third-order valence-corrected chi connectivity index (χ3v) is 4.27. The maximum absolute atomic E-state index is 12.9. The van der Waals surface area contributed by atoms with Crippen molar-refractivity contribution in [1.82, 2.24) is 19.6 Å². The number of amides is 1. The Labute approximate surface area is 144 Å². The van der Waals surface area contributed by atoms with Crippen LogP contribution in [0.3, 0.4) is 0 Å². The lowest BCUT2D eigenvalue weighted by Crippen LogP contribution is -2.39. The van der Waals surface area contributed by atoms with Gasteiger partial charge in [-0.2, -0.15) is 5.10 Å². The first-order valence-electron chi connectivity index (χ1n) is 8.28. The number of carbonyl (C=O) groups excluding carboxylic acids is 1. The monoisotopic (exact) mass is 328 g/mol. The minimum atomic E-state index is -0.268. The highest BCUT2D eigenvalue weighted by Gasteiger charge is 2.25. The third kappa shape index (κ3) is 4.23. The summed E-state index contributed by atoms with van der Waals surface area (Å²) in [5.74, 6) is 0.102. The van der Waals surface area contributed by atoms with Crippen LogP contribution >= 0.6 is 0 Å². The highest BCUT2D eigenvalue weighted by molar-refractivity contribution is 5.83. The van der Waals surface area contributed by atoms with Crippen molar-refractivity contribution < 1.29 is 4.79 Å². The fourth-order valence-electron chi connectivity index (χ4n) is 2.88. The average molecular weight is 328 g/mol. The summed E-state index contributed by atoms with van der Waals surface area (Å²) in [5.41, 5.74) is 4.35. The van der Waals surface area contributed by atoms with E-state index < -0.39 is 0 Å². The van der Waals surface area contributed by atoms with Crippen molar-refractivity contribution in [2.45, 2.75) is 33.4 Å². The molecule has 0 saturated heterocycles. The quantitative estimate of drug-likeness (QED) is 0.818. The largest absolute Gasteiger partial charge is 0.342 e. The highest BCUT2D eigenvalue weighted by atomic mass is 16.2. The molecule has 0 bridgehead atoms. The standard InChI is InChI=1S/C19H28N4O/c1-14-7-9-17(10-8-14)18(21(4)5)19(24)22(6)11-12-23-16(3)13-15(2)20-23/h7-10,13,18H,11-12H2,1-6H3. The molecule has 0 saturated carbocycles. The molecule has 0 fully saturated rings. The van der Waals surface area contributed by atoms with Crippen LogP contribution in [0.5, 0.6) is 0 Å². The van der Waals surface area contributed by atoms with E-state index in [0.29, 0.717) is 13.1 Å². The molecule has 24 heavy (non-hydrogen) atoms. The third-order valence-electron chi connectivity index (χ3n) is 4.27. The van der Waals surface area contributed by atoms with Gasteiger partial charge in [-0.25, -0.2) is 0 Å². The molecule has 0 spiro atoms. The van der Waals surface area contributed by atoms with Crippen LogP contribution in [0.25, 0.3) is 0 Å². The van der Waals surface area contributed by atoms with Gasteiger partial charge in [0, 0.05) is 19.3 Å². The first-order chi connectivity index (χ1) is 11.3. The number of benzene rings is 1. The number of hydrogen-bond donors (Lipinski definition) is 0. The Kier molecular flexibility index (Phi) is 5.78. The van der Waals surface area contributed by atoms with E-state index in [1.54, 1.807) is 4.90 Å². The second-order valence-corrected chi connectivity index (χ2v) is 6.69. The van der Waals surface area contributed by atoms with E-state index in [2.05, 4.69) is 30.2 Å². The zero-order valence-corrected chi connectivity index (χ0v) is 15.6. The number of likely N-dealkylation sites (N-methyl/N-ethyl adjacent to an activating group) is 2. The molecule has 1 heterocycles. The number of hydrogen-bond acceptors (Lipinski definition) is 3. The minimum absolute atomic E-state index is 0.102. The Hall–Kier alpha value is -2.14. The molecule has 130 valence electrons. The number of carbonyl (C=O) groups is 1. The van der Waals surface area contributed by atoms with Crippen LogP contribution in [0.4, 0.5) is 0 Å². The van der Waals surface area contributed by atoms with Gasteiger partial charge in [0.1, 0.15) is 6.04 Å². The average Bonchev–Trinajstić information content (AvgIpc) is 2.84. The van der Waals surface area contributed by atoms with Gasteiger partial charge in [0.25, 0.3) is 0 Å². The number of aryl methyl sites for hydroxylation is 3. The zero-order valence-electron chi connectivity index (χ0n) is 15.6. The normalized spacial score (nSPS) is 12.5. The van der Waals surface area contributed by atoms with Gasteiger partial charge in [-0.3, -0.25) is 14.4 Å². The number of rotatable bonds is 6. The minimum Gasteiger partial charge on any atom is -0.342 e. The van der Waals surface area contributed by atoms with Gasteiger partial charge in [-0.15, -0.1) is 0 Å². The molecule has 1 amide bonds. The van der Waals surface area contributed by atoms with Crippen molar-refractivity contribution in [1.29, 1.82) is 0 Å². The summed E-state index contributed by atoms with van der Waals surface area (Å²) in [7, 11) is 5.74. The fraction of sp³-hybridized carbons (Fsp3) is 0.474. The Bertz CT molecular complexity index is 688. The molecule has 0 aliphatic carbocycles. The van der Waals surface area contributed by atoms with Crippen LogP contribution < -0.4 is 0 Å². The van der Waals surface area contributed by atoms with Gasteiger partial charge in [0.05, 0.1) is 12.2 Å². The van der Waals surface area contributed by atoms with E-state index in [-0.39, 0.29) is 11.9 Å². The maximum Gasteiger partial charge on any atom is 0.244 e. The molecule has 0 N–H and O–H groups in total. The Morgan fingerprint density at radius 2 is 1.75 bits per heavy atom. The van der Waals surface area contributed by atoms with Crippen molar-refractivity contribution in [3.63, 3.8) is 0 Å². The Morgan fingerprint density at radius 1 is 1.12 bits per heavy atom. The van der Waals surface area contributed by atoms with Gasteiger partial charge in [0.2, 0.25) is 5.91 Å². The van der Waals surface area contributed by atoms with E-state index in [0.717, 1.165) is 17.0 Å². The lowest BCUT2D eigenvalue weighted by Gasteiger charge is -2.29.